The van der Waals surface area contributed by atoms with E-state index in [-0.39, 0.29) is 16.7 Å². The summed E-state index contributed by atoms with van der Waals surface area (Å²) < 4.78 is 0. The zero-order valence-corrected chi connectivity index (χ0v) is 12.3. The highest BCUT2D eigenvalue weighted by molar-refractivity contribution is 5.42. The molecule has 2 aromatic rings. The summed E-state index contributed by atoms with van der Waals surface area (Å²) in [7, 11) is 0. The van der Waals surface area contributed by atoms with Crippen LogP contribution >= 0.6 is 0 Å². The van der Waals surface area contributed by atoms with E-state index in [0.29, 0.717) is 18.5 Å². The molecule has 0 amide bonds. The Morgan fingerprint density at radius 2 is 2.09 bits per heavy atom. The molecule has 0 heterocycles. The largest absolute Gasteiger partial charge is 0.391 e. The SMILES string of the molecule is Cc1ccc(CN[C@@H]2c3ccccc3C[C@@H]2O)cc1[N+](=O)[O-]. The third kappa shape index (κ3) is 2.73. The molecule has 5 nitrogen and oxygen atoms in total. The first-order valence-corrected chi connectivity index (χ1v) is 7.29. The van der Waals surface area contributed by atoms with E-state index in [1.54, 1.807) is 19.1 Å². The number of rotatable bonds is 4. The third-order valence-corrected chi connectivity index (χ3v) is 4.20. The van der Waals surface area contributed by atoms with Gasteiger partial charge in [-0.05, 0) is 23.6 Å². The summed E-state index contributed by atoms with van der Waals surface area (Å²) in [5.41, 5.74) is 3.89. The van der Waals surface area contributed by atoms with Crippen molar-refractivity contribution in [2.75, 3.05) is 0 Å². The molecule has 0 aromatic heterocycles. The Hall–Kier alpha value is -2.24. The van der Waals surface area contributed by atoms with Gasteiger partial charge in [0, 0.05) is 24.6 Å². The van der Waals surface area contributed by atoms with Gasteiger partial charge in [0.05, 0.1) is 17.1 Å². The van der Waals surface area contributed by atoms with Crippen LogP contribution in [0.3, 0.4) is 0 Å². The Balaban J connectivity index is 1.76. The average Bonchev–Trinajstić information content (AvgIpc) is 2.81. The van der Waals surface area contributed by atoms with Gasteiger partial charge in [-0.1, -0.05) is 36.4 Å². The van der Waals surface area contributed by atoms with E-state index in [1.807, 2.05) is 30.3 Å². The lowest BCUT2D eigenvalue weighted by molar-refractivity contribution is -0.385. The second-order valence-electron chi connectivity index (χ2n) is 5.71. The molecule has 22 heavy (non-hydrogen) atoms. The van der Waals surface area contributed by atoms with E-state index in [4.69, 9.17) is 0 Å². The average molecular weight is 298 g/mol. The number of aliphatic hydroxyl groups is 1. The number of nitrogens with one attached hydrogen (secondary N) is 1. The summed E-state index contributed by atoms with van der Waals surface area (Å²) in [5.74, 6) is 0. The summed E-state index contributed by atoms with van der Waals surface area (Å²) in [6.07, 6.45) is 0.180. The van der Waals surface area contributed by atoms with E-state index in [2.05, 4.69) is 5.32 Å². The Labute approximate surface area is 128 Å². The van der Waals surface area contributed by atoms with Gasteiger partial charge in [-0.15, -0.1) is 0 Å². The van der Waals surface area contributed by atoms with E-state index in [1.165, 1.54) is 0 Å². The number of nitro groups is 1. The highest BCUT2D eigenvalue weighted by atomic mass is 16.6. The number of aryl methyl sites for hydroxylation is 1. The molecule has 2 aromatic carbocycles. The van der Waals surface area contributed by atoms with Crippen LogP contribution in [0, 0.1) is 17.0 Å². The number of hydrogen-bond acceptors (Lipinski definition) is 4. The second kappa shape index (κ2) is 5.87. The third-order valence-electron chi connectivity index (χ3n) is 4.20. The Morgan fingerprint density at radius 1 is 1.32 bits per heavy atom. The van der Waals surface area contributed by atoms with Gasteiger partial charge in [0.1, 0.15) is 0 Å². The maximum absolute atomic E-state index is 11.0. The van der Waals surface area contributed by atoms with Crippen molar-refractivity contribution < 1.29 is 10.0 Å². The highest BCUT2D eigenvalue weighted by Crippen LogP contribution is 2.31. The van der Waals surface area contributed by atoms with Gasteiger partial charge in [-0.25, -0.2) is 0 Å². The number of hydrogen-bond donors (Lipinski definition) is 2. The molecule has 1 aliphatic rings. The van der Waals surface area contributed by atoms with Crippen LogP contribution in [0.2, 0.25) is 0 Å². The first-order valence-electron chi connectivity index (χ1n) is 7.29. The molecule has 0 unspecified atom stereocenters. The van der Waals surface area contributed by atoms with Crippen LogP contribution in [0.15, 0.2) is 42.5 Å². The van der Waals surface area contributed by atoms with Crippen LogP contribution < -0.4 is 5.32 Å². The predicted octanol–water partition coefficient (Wildman–Crippen LogP) is 2.65. The van der Waals surface area contributed by atoms with Crippen LogP contribution in [0.4, 0.5) is 5.69 Å². The standard InChI is InChI=1S/C17H18N2O3/c1-11-6-7-12(8-15(11)19(21)22)10-18-17-14-5-3-2-4-13(14)9-16(17)20/h2-8,16-18,20H,9-10H2,1H3/t16-,17+/m0/s1. The van der Waals surface area contributed by atoms with Crippen molar-refractivity contribution in [2.45, 2.75) is 32.0 Å². The van der Waals surface area contributed by atoms with Crippen LogP contribution in [0.1, 0.15) is 28.3 Å². The second-order valence-corrected chi connectivity index (χ2v) is 5.71. The number of nitrogens with zero attached hydrogens (tertiary/aromatic N) is 1. The van der Waals surface area contributed by atoms with Crippen LogP contribution in [0.25, 0.3) is 0 Å². The van der Waals surface area contributed by atoms with Gasteiger partial charge in [0.15, 0.2) is 0 Å². The molecule has 0 fully saturated rings. The van der Waals surface area contributed by atoms with Crippen LogP contribution in [-0.2, 0) is 13.0 Å². The lowest BCUT2D eigenvalue weighted by atomic mass is 10.1. The minimum absolute atomic E-state index is 0.128. The molecule has 0 spiro atoms. The smallest absolute Gasteiger partial charge is 0.272 e. The van der Waals surface area contributed by atoms with Gasteiger partial charge >= 0.3 is 0 Å². The summed E-state index contributed by atoms with van der Waals surface area (Å²) in [4.78, 5) is 10.6. The Bertz CT molecular complexity index is 715. The zero-order valence-electron chi connectivity index (χ0n) is 12.3. The van der Waals surface area contributed by atoms with E-state index in [9.17, 15) is 15.2 Å². The van der Waals surface area contributed by atoms with Gasteiger partial charge in [-0.2, -0.15) is 0 Å². The molecule has 2 N–H and O–H groups in total. The number of aliphatic hydroxyl groups excluding tert-OH is 1. The first kappa shape index (κ1) is 14.7. The van der Waals surface area contributed by atoms with Crippen LogP contribution in [0.5, 0.6) is 0 Å². The van der Waals surface area contributed by atoms with Crippen molar-refractivity contribution in [1.82, 2.24) is 5.32 Å². The van der Waals surface area contributed by atoms with E-state index >= 15 is 0 Å². The fourth-order valence-electron chi connectivity index (χ4n) is 3.01. The summed E-state index contributed by atoms with van der Waals surface area (Å²) >= 11 is 0. The van der Waals surface area contributed by atoms with E-state index in [0.717, 1.165) is 16.7 Å². The Kier molecular flexibility index (Phi) is 3.92. The fourth-order valence-corrected chi connectivity index (χ4v) is 3.01. The molecule has 0 saturated heterocycles. The quantitative estimate of drug-likeness (QED) is 0.672. The Morgan fingerprint density at radius 3 is 2.86 bits per heavy atom. The zero-order chi connectivity index (χ0) is 15.7. The lowest BCUT2D eigenvalue weighted by Gasteiger charge is -2.18. The van der Waals surface area contributed by atoms with Gasteiger partial charge in [-0.3, -0.25) is 10.1 Å². The minimum Gasteiger partial charge on any atom is -0.391 e. The van der Waals surface area contributed by atoms with Crippen molar-refractivity contribution in [2.24, 2.45) is 0 Å². The summed E-state index contributed by atoms with van der Waals surface area (Å²) in [6, 6.07) is 13.1. The van der Waals surface area contributed by atoms with Crippen molar-refractivity contribution in [3.05, 3.63) is 74.8 Å². The summed E-state index contributed by atoms with van der Waals surface area (Å²) in [5, 5.41) is 24.5. The van der Waals surface area contributed by atoms with Crippen molar-refractivity contribution in [3.8, 4) is 0 Å². The molecule has 3 rings (SSSR count). The van der Waals surface area contributed by atoms with Gasteiger partial charge < -0.3 is 10.4 Å². The van der Waals surface area contributed by atoms with Gasteiger partial charge in [0.2, 0.25) is 0 Å². The monoisotopic (exact) mass is 298 g/mol. The normalized spacial score (nSPS) is 19.9. The maximum Gasteiger partial charge on any atom is 0.272 e. The predicted molar refractivity (Wildman–Crippen MR) is 83.6 cm³/mol. The number of benzene rings is 2. The minimum atomic E-state index is -0.460. The maximum atomic E-state index is 11.0. The number of nitro benzene ring substituents is 1. The molecule has 114 valence electrons. The lowest BCUT2D eigenvalue weighted by Crippen LogP contribution is -2.28. The molecule has 0 saturated carbocycles. The van der Waals surface area contributed by atoms with Crippen molar-refractivity contribution in [1.29, 1.82) is 0 Å². The van der Waals surface area contributed by atoms with E-state index < -0.39 is 6.10 Å². The summed E-state index contributed by atoms with van der Waals surface area (Å²) in [6.45, 7) is 2.21. The highest BCUT2D eigenvalue weighted by Gasteiger charge is 2.30. The van der Waals surface area contributed by atoms with Crippen molar-refractivity contribution in [3.63, 3.8) is 0 Å². The molecule has 0 bridgehead atoms. The molecule has 1 aliphatic carbocycles. The number of fused-ring (bicyclic) bond motifs is 1. The topological polar surface area (TPSA) is 75.4 Å². The van der Waals surface area contributed by atoms with Crippen molar-refractivity contribution >= 4 is 5.69 Å². The van der Waals surface area contributed by atoms with Gasteiger partial charge in [0.25, 0.3) is 5.69 Å². The molecule has 2 atom stereocenters. The first-order chi connectivity index (χ1) is 10.6. The fraction of sp³-hybridized carbons (Fsp3) is 0.294. The molecule has 5 heteroatoms. The van der Waals surface area contributed by atoms with Crippen LogP contribution in [-0.4, -0.2) is 16.1 Å². The molecular weight excluding hydrogens is 280 g/mol. The molecular formula is C17H18N2O3. The molecule has 0 radical (unpaired) electrons. The molecule has 0 aliphatic heterocycles.